The van der Waals surface area contributed by atoms with Crippen molar-refractivity contribution in [1.29, 1.82) is 0 Å². The number of anilines is 1. The molecule has 0 spiro atoms. The number of aliphatic hydroxyl groups is 1. The molecule has 2 heterocycles. The highest BCUT2D eigenvalue weighted by Crippen LogP contribution is 2.29. The molecule has 0 aliphatic carbocycles. The van der Waals surface area contributed by atoms with Gasteiger partial charge >= 0.3 is 5.69 Å². The highest BCUT2D eigenvalue weighted by molar-refractivity contribution is 5.59. The van der Waals surface area contributed by atoms with Crippen LogP contribution in [0, 0.1) is 17.0 Å². The van der Waals surface area contributed by atoms with Crippen molar-refractivity contribution in [3.05, 3.63) is 40.0 Å². The Morgan fingerprint density at radius 3 is 2.90 bits per heavy atom. The summed E-state index contributed by atoms with van der Waals surface area (Å²) in [6.45, 7) is 3.18. The molecular weight excluding hydrogens is 264 g/mol. The average Bonchev–Trinajstić information content (AvgIpc) is 2.94. The van der Waals surface area contributed by atoms with Crippen molar-refractivity contribution < 1.29 is 14.4 Å². The molecule has 108 valence electrons. The van der Waals surface area contributed by atoms with Crippen LogP contribution in [0.25, 0.3) is 0 Å². The van der Waals surface area contributed by atoms with Gasteiger partial charge in [-0.25, -0.2) is 4.68 Å². The predicted octanol–water partition coefficient (Wildman–Crippen LogP) is 1.55. The molecule has 0 amide bonds. The maximum Gasteiger partial charge on any atom is 0.333 e. The highest BCUT2D eigenvalue weighted by atomic mass is 16.6. The van der Waals surface area contributed by atoms with Crippen LogP contribution in [0.5, 0.6) is 0 Å². The van der Waals surface area contributed by atoms with E-state index in [0.717, 1.165) is 0 Å². The maximum absolute atomic E-state index is 11.0. The summed E-state index contributed by atoms with van der Waals surface area (Å²) in [6.07, 6.45) is 1.46. The van der Waals surface area contributed by atoms with Gasteiger partial charge in [0.05, 0.1) is 17.7 Å². The molecule has 8 heteroatoms. The van der Waals surface area contributed by atoms with Gasteiger partial charge in [0.1, 0.15) is 17.1 Å². The summed E-state index contributed by atoms with van der Waals surface area (Å²) in [5.41, 5.74) is -1.06. The lowest BCUT2D eigenvalue weighted by atomic mass is 10.0. The second-order valence-electron chi connectivity index (χ2n) is 4.77. The first-order valence-electron chi connectivity index (χ1n) is 6.01. The van der Waals surface area contributed by atoms with E-state index < -0.39 is 10.5 Å². The first-order chi connectivity index (χ1) is 9.33. The van der Waals surface area contributed by atoms with Crippen LogP contribution in [0.4, 0.5) is 11.5 Å². The van der Waals surface area contributed by atoms with E-state index in [4.69, 9.17) is 4.42 Å². The molecule has 0 aliphatic heterocycles. The standard InChI is InChI=1S/C12H16N4O4/c1-8-10(16(18)19)11(15(3)14-8)13-7-12(2,17)9-5-4-6-20-9/h4-6,13,17H,7H2,1-3H3. The van der Waals surface area contributed by atoms with E-state index >= 15 is 0 Å². The van der Waals surface area contributed by atoms with Gasteiger partial charge < -0.3 is 14.8 Å². The summed E-state index contributed by atoms with van der Waals surface area (Å²) in [5.74, 6) is 0.630. The average molecular weight is 280 g/mol. The molecule has 0 fully saturated rings. The fraction of sp³-hybridized carbons (Fsp3) is 0.417. The number of furan rings is 1. The van der Waals surface area contributed by atoms with E-state index in [9.17, 15) is 15.2 Å². The fourth-order valence-corrected chi connectivity index (χ4v) is 1.99. The Hall–Kier alpha value is -2.35. The van der Waals surface area contributed by atoms with Crippen LogP contribution in [0.3, 0.4) is 0 Å². The van der Waals surface area contributed by atoms with Gasteiger partial charge in [-0.05, 0) is 26.0 Å². The number of nitrogens with zero attached hydrogens (tertiary/aromatic N) is 3. The minimum atomic E-state index is -1.28. The molecule has 0 aliphatic rings. The van der Waals surface area contributed by atoms with Crippen molar-refractivity contribution in [2.75, 3.05) is 11.9 Å². The normalized spacial score (nSPS) is 14.0. The molecule has 2 N–H and O–H groups in total. The maximum atomic E-state index is 11.0. The third-order valence-corrected chi connectivity index (χ3v) is 3.03. The molecule has 0 bridgehead atoms. The summed E-state index contributed by atoms with van der Waals surface area (Å²) in [6, 6.07) is 3.31. The summed E-state index contributed by atoms with van der Waals surface area (Å²) in [4.78, 5) is 10.5. The Bertz CT molecular complexity index is 616. The van der Waals surface area contributed by atoms with Crippen molar-refractivity contribution in [3.63, 3.8) is 0 Å². The van der Waals surface area contributed by atoms with Crippen LogP contribution in [0.1, 0.15) is 18.4 Å². The summed E-state index contributed by atoms with van der Waals surface area (Å²) in [5, 5.41) is 28.2. The van der Waals surface area contributed by atoms with Crippen molar-refractivity contribution in [3.8, 4) is 0 Å². The van der Waals surface area contributed by atoms with Crippen molar-refractivity contribution in [2.24, 2.45) is 7.05 Å². The zero-order valence-electron chi connectivity index (χ0n) is 11.5. The number of aromatic nitrogens is 2. The second-order valence-corrected chi connectivity index (χ2v) is 4.77. The lowest BCUT2D eigenvalue weighted by Crippen LogP contribution is -2.31. The van der Waals surface area contributed by atoms with Gasteiger partial charge in [-0.15, -0.1) is 0 Å². The number of aryl methyl sites for hydroxylation is 2. The van der Waals surface area contributed by atoms with Gasteiger partial charge in [0.25, 0.3) is 0 Å². The van der Waals surface area contributed by atoms with Crippen molar-refractivity contribution >= 4 is 11.5 Å². The second kappa shape index (κ2) is 4.97. The molecule has 2 aromatic rings. The third-order valence-electron chi connectivity index (χ3n) is 3.03. The number of hydrogen-bond acceptors (Lipinski definition) is 6. The van der Waals surface area contributed by atoms with Crippen molar-refractivity contribution in [2.45, 2.75) is 19.4 Å². The van der Waals surface area contributed by atoms with Crippen molar-refractivity contribution in [1.82, 2.24) is 9.78 Å². The lowest BCUT2D eigenvalue weighted by Gasteiger charge is -2.21. The van der Waals surface area contributed by atoms with Gasteiger partial charge in [0, 0.05) is 7.05 Å². The summed E-state index contributed by atoms with van der Waals surface area (Å²) in [7, 11) is 1.60. The summed E-state index contributed by atoms with van der Waals surface area (Å²) >= 11 is 0. The van der Waals surface area contributed by atoms with Crippen LogP contribution in [0.15, 0.2) is 22.8 Å². The molecule has 1 unspecified atom stereocenters. The fourth-order valence-electron chi connectivity index (χ4n) is 1.99. The molecule has 0 aromatic carbocycles. The molecule has 0 radical (unpaired) electrons. The van der Waals surface area contributed by atoms with Crippen LogP contribution >= 0.6 is 0 Å². The predicted molar refractivity (Wildman–Crippen MR) is 71.4 cm³/mol. The summed E-state index contributed by atoms with van der Waals surface area (Å²) < 4.78 is 6.53. The van der Waals surface area contributed by atoms with E-state index in [0.29, 0.717) is 11.5 Å². The Balaban J connectivity index is 2.22. The highest BCUT2D eigenvalue weighted by Gasteiger charge is 2.29. The topological polar surface area (TPSA) is 106 Å². The zero-order valence-corrected chi connectivity index (χ0v) is 11.5. The molecule has 20 heavy (non-hydrogen) atoms. The van der Waals surface area contributed by atoms with Gasteiger partial charge in [-0.3, -0.25) is 10.1 Å². The molecule has 8 nitrogen and oxygen atoms in total. The third kappa shape index (κ3) is 2.50. The minimum absolute atomic E-state index is 0.0559. The molecule has 2 aromatic heterocycles. The minimum Gasteiger partial charge on any atom is -0.466 e. The Morgan fingerprint density at radius 1 is 1.65 bits per heavy atom. The molecular formula is C12H16N4O4. The van der Waals surface area contributed by atoms with Gasteiger partial charge in [0.15, 0.2) is 0 Å². The Morgan fingerprint density at radius 2 is 2.35 bits per heavy atom. The number of nitro groups is 1. The van der Waals surface area contributed by atoms with Gasteiger partial charge in [-0.2, -0.15) is 5.10 Å². The van der Waals surface area contributed by atoms with Crippen LogP contribution in [-0.4, -0.2) is 26.4 Å². The number of rotatable bonds is 5. The Kier molecular flexibility index (Phi) is 3.49. The van der Waals surface area contributed by atoms with Gasteiger partial charge in [-0.1, -0.05) is 0 Å². The van der Waals surface area contributed by atoms with E-state index in [1.807, 2.05) is 0 Å². The molecule has 0 saturated heterocycles. The van der Waals surface area contributed by atoms with Gasteiger partial charge in [0.2, 0.25) is 5.82 Å². The molecule has 1 atom stereocenters. The zero-order chi connectivity index (χ0) is 14.9. The Labute approximate surface area is 115 Å². The smallest absolute Gasteiger partial charge is 0.333 e. The van der Waals surface area contributed by atoms with Crippen LogP contribution < -0.4 is 5.32 Å². The first-order valence-corrected chi connectivity index (χ1v) is 6.01. The first kappa shape index (κ1) is 14.1. The molecule has 2 rings (SSSR count). The van der Waals surface area contributed by atoms with E-state index in [1.54, 1.807) is 33.0 Å². The van der Waals surface area contributed by atoms with Crippen LogP contribution in [-0.2, 0) is 12.6 Å². The lowest BCUT2D eigenvalue weighted by molar-refractivity contribution is -0.384. The monoisotopic (exact) mass is 280 g/mol. The van der Waals surface area contributed by atoms with E-state index in [2.05, 4.69) is 10.4 Å². The number of nitrogens with one attached hydrogen (secondary N) is 1. The number of hydrogen-bond donors (Lipinski definition) is 2. The van der Waals surface area contributed by atoms with E-state index in [1.165, 1.54) is 10.9 Å². The molecule has 0 saturated carbocycles. The largest absolute Gasteiger partial charge is 0.466 e. The van der Waals surface area contributed by atoms with Crippen LogP contribution in [0.2, 0.25) is 0 Å². The quantitative estimate of drug-likeness (QED) is 0.635. The SMILES string of the molecule is Cc1nn(C)c(NCC(C)(O)c2ccco2)c1[N+](=O)[O-]. The van der Waals surface area contributed by atoms with E-state index in [-0.39, 0.29) is 18.1 Å².